The number of carbonyl (C=O) groups is 3. The van der Waals surface area contributed by atoms with Crippen LogP contribution in [-0.2, 0) is 23.9 Å². The highest BCUT2D eigenvalue weighted by Gasteiger charge is 2.74. The van der Waals surface area contributed by atoms with Crippen molar-refractivity contribution < 1.29 is 29.0 Å². The summed E-state index contributed by atoms with van der Waals surface area (Å²) in [5.41, 5.74) is -0.931. The van der Waals surface area contributed by atoms with Crippen LogP contribution in [0.2, 0.25) is 0 Å². The van der Waals surface area contributed by atoms with Gasteiger partial charge in [-0.1, -0.05) is 32.6 Å². The Kier molecular flexibility index (Phi) is 8.33. The number of hydrogen-bond acceptors (Lipinski definition) is 6. The zero-order chi connectivity index (χ0) is 22.4. The molecule has 0 aromatic carbocycles. The molecule has 3 aliphatic heterocycles. The minimum Gasteiger partial charge on any atom is -0.466 e. The first-order chi connectivity index (χ1) is 15.0. The molecule has 31 heavy (non-hydrogen) atoms. The lowest BCUT2D eigenvalue weighted by atomic mass is 9.71. The smallest absolute Gasteiger partial charge is 0.312 e. The summed E-state index contributed by atoms with van der Waals surface area (Å²) in [6, 6.07) is -0.700. The first-order valence-electron chi connectivity index (χ1n) is 12.0. The molecular weight excluding hydrogens is 400 g/mol. The van der Waals surface area contributed by atoms with Crippen LogP contribution in [0.3, 0.4) is 0 Å². The number of likely N-dealkylation sites (tertiary alicyclic amines) is 1. The molecule has 0 aromatic heterocycles. The van der Waals surface area contributed by atoms with Crippen LogP contribution >= 0.6 is 0 Å². The second-order valence-corrected chi connectivity index (χ2v) is 8.98. The van der Waals surface area contributed by atoms with E-state index in [2.05, 4.69) is 12.2 Å². The number of unbranched alkanes of at least 4 members (excludes halogenated alkanes) is 5. The summed E-state index contributed by atoms with van der Waals surface area (Å²) < 4.78 is 11.6. The largest absolute Gasteiger partial charge is 0.466 e. The molecule has 176 valence electrons. The summed E-state index contributed by atoms with van der Waals surface area (Å²) in [4.78, 5) is 41.2. The Balaban J connectivity index is 1.79. The van der Waals surface area contributed by atoms with E-state index in [1.165, 1.54) is 0 Å². The number of aliphatic hydroxyl groups excluding tert-OH is 1. The topological polar surface area (TPSA) is 105 Å². The average molecular weight is 439 g/mol. The Hall–Kier alpha value is -1.67. The molecule has 0 saturated carbocycles. The van der Waals surface area contributed by atoms with Crippen LogP contribution in [0, 0.1) is 11.8 Å². The molecule has 5 atom stereocenters. The van der Waals surface area contributed by atoms with Gasteiger partial charge in [0.25, 0.3) is 0 Å². The summed E-state index contributed by atoms with van der Waals surface area (Å²) in [6.07, 6.45) is 7.16. The Labute approximate surface area is 185 Å². The van der Waals surface area contributed by atoms with Crippen molar-refractivity contribution in [1.29, 1.82) is 0 Å². The number of fused-ring (bicyclic) bond motifs is 1. The SMILES string of the molecule is CCCCCNC(=O)[C@H]1N(CCCCCCO)C(=O)[C@@H]2[C@@H](C(=O)OCC)[C@H]3CC[C@]21O3. The molecule has 3 fully saturated rings. The molecule has 3 rings (SSSR count). The summed E-state index contributed by atoms with van der Waals surface area (Å²) >= 11 is 0. The molecule has 8 nitrogen and oxygen atoms in total. The van der Waals surface area contributed by atoms with Crippen LogP contribution in [0.5, 0.6) is 0 Å². The quantitative estimate of drug-likeness (QED) is 0.335. The highest BCUT2D eigenvalue weighted by Crippen LogP contribution is 2.58. The van der Waals surface area contributed by atoms with Gasteiger partial charge in [0.05, 0.1) is 24.5 Å². The fourth-order valence-corrected chi connectivity index (χ4v) is 5.63. The highest BCUT2D eigenvalue weighted by molar-refractivity contribution is 5.98. The molecule has 8 heteroatoms. The molecule has 0 radical (unpaired) electrons. The monoisotopic (exact) mass is 438 g/mol. The van der Waals surface area contributed by atoms with E-state index in [0.717, 1.165) is 44.9 Å². The maximum atomic E-state index is 13.5. The maximum Gasteiger partial charge on any atom is 0.312 e. The van der Waals surface area contributed by atoms with Crippen LogP contribution in [0.25, 0.3) is 0 Å². The van der Waals surface area contributed by atoms with Gasteiger partial charge in [-0.25, -0.2) is 0 Å². The van der Waals surface area contributed by atoms with Crippen molar-refractivity contribution >= 4 is 17.8 Å². The third-order valence-corrected chi connectivity index (χ3v) is 6.99. The standard InChI is InChI=1S/C23H38N2O6/c1-3-5-8-13-24-20(27)19-23-12-11-16(31-23)17(22(29)30-4-2)18(23)21(28)25(19)14-9-6-7-10-15-26/h16-19,26H,3-15H2,1-2H3,(H,24,27)/t16-,17+,18+,19-,23+/m1/s1. The van der Waals surface area contributed by atoms with Gasteiger partial charge >= 0.3 is 5.97 Å². The normalized spacial score (nSPS) is 31.2. The number of ether oxygens (including phenoxy) is 2. The number of nitrogens with zero attached hydrogens (tertiary/aromatic N) is 1. The zero-order valence-electron chi connectivity index (χ0n) is 18.9. The van der Waals surface area contributed by atoms with Gasteiger partial charge in [0.2, 0.25) is 11.8 Å². The molecule has 2 bridgehead atoms. The van der Waals surface area contributed by atoms with E-state index in [4.69, 9.17) is 14.6 Å². The Morgan fingerprint density at radius 1 is 1.19 bits per heavy atom. The number of aliphatic hydroxyl groups is 1. The van der Waals surface area contributed by atoms with Gasteiger partial charge in [0.15, 0.2) is 0 Å². The van der Waals surface area contributed by atoms with Gasteiger partial charge < -0.3 is 24.8 Å². The Morgan fingerprint density at radius 2 is 1.97 bits per heavy atom. The summed E-state index contributed by atoms with van der Waals surface area (Å²) in [5, 5.41) is 12.0. The van der Waals surface area contributed by atoms with E-state index in [1.807, 2.05) is 0 Å². The lowest BCUT2D eigenvalue weighted by molar-refractivity contribution is -0.154. The van der Waals surface area contributed by atoms with E-state index in [1.54, 1.807) is 11.8 Å². The first-order valence-corrected chi connectivity index (χ1v) is 12.0. The van der Waals surface area contributed by atoms with Gasteiger partial charge in [-0.3, -0.25) is 14.4 Å². The predicted octanol–water partition coefficient (Wildman–Crippen LogP) is 1.78. The third kappa shape index (κ3) is 4.60. The van der Waals surface area contributed by atoms with Gasteiger partial charge in [-0.2, -0.15) is 0 Å². The maximum absolute atomic E-state index is 13.5. The van der Waals surface area contributed by atoms with Crippen LogP contribution < -0.4 is 5.32 Å². The summed E-state index contributed by atoms with van der Waals surface area (Å²) in [7, 11) is 0. The molecule has 3 aliphatic rings. The van der Waals surface area contributed by atoms with Gasteiger partial charge in [-0.05, 0) is 39.0 Å². The Bertz CT molecular complexity index is 656. The third-order valence-electron chi connectivity index (χ3n) is 6.99. The summed E-state index contributed by atoms with van der Waals surface area (Å²) in [5.74, 6) is -1.99. The fraction of sp³-hybridized carbons (Fsp3) is 0.870. The first kappa shape index (κ1) is 24.0. The number of amides is 2. The van der Waals surface area contributed by atoms with E-state index < -0.39 is 23.5 Å². The van der Waals surface area contributed by atoms with Crippen LogP contribution in [0.4, 0.5) is 0 Å². The van der Waals surface area contributed by atoms with E-state index in [0.29, 0.717) is 25.9 Å². The fourth-order valence-electron chi connectivity index (χ4n) is 5.63. The van der Waals surface area contributed by atoms with Crippen molar-refractivity contribution in [2.45, 2.75) is 89.4 Å². The average Bonchev–Trinajstić information content (AvgIpc) is 3.39. The van der Waals surface area contributed by atoms with Crippen LogP contribution in [0.1, 0.15) is 71.6 Å². The number of carbonyl (C=O) groups excluding carboxylic acids is 3. The Morgan fingerprint density at radius 3 is 2.68 bits per heavy atom. The number of nitrogens with one attached hydrogen (secondary N) is 1. The lowest BCUT2D eigenvalue weighted by Crippen LogP contribution is -2.55. The van der Waals surface area contributed by atoms with Gasteiger partial charge in [-0.15, -0.1) is 0 Å². The molecule has 2 N–H and O–H groups in total. The minimum absolute atomic E-state index is 0.156. The molecule has 3 heterocycles. The van der Waals surface area contributed by atoms with Crippen LogP contribution in [0.15, 0.2) is 0 Å². The number of esters is 1. The molecule has 0 aliphatic carbocycles. The molecule has 0 aromatic rings. The van der Waals surface area contributed by atoms with Crippen molar-refractivity contribution in [2.24, 2.45) is 11.8 Å². The predicted molar refractivity (Wildman–Crippen MR) is 114 cm³/mol. The molecule has 0 unspecified atom stereocenters. The molecule has 1 spiro atoms. The highest BCUT2D eigenvalue weighted by atomic mass is 16.6. The van der Waals surface area contributed by atoms with Crippen molar-refractivity contribution in [3.8, 4) is 0 Å². The van der Waals surface area contributed by atoms with E-state index in [9.17, 15) is 14.4 Å². The van der Waals surface area contributed by atoms with Crippen molar-refractivity contribution in [2.75, 3.05) is 26.3 Å². The van der Waals surface area contributed by atoms with E-state index in [-0.39, 0.29) is 37.1 Å². The van der Waals surface area contributed by atoms with E-state index >= 15 is 0 Å². The molecule has 2 amide bonds. The second-order valence-electron chi connectivity index (χ2n) is 8.98. The van der Waals surface area contributed by atoms with Crippen molar-refractivity contribution in [1.82, 2.24) is 10.2 Å². The van der Waals surface area contributed by atoms with Gasteiger partial charge in [0, 0.05) is 19.7 Å². The van der Waals surface area contributed by atoms with Crippen molar-refractivity contribution in [3.05, 3.63) is 0 Å². The number of rotatable bonds is 13. The van der Waals surface area contributed by atoms with Crippen LogP contribution in [-0.4, -0.2) is 71.8 Å². The van der Waals surface area contributed by atoms with Crippen molar-refractivity contribution in [3.63, 3.8) is 0 Å². The molecule has 3 saturated heterocycles. The minimum atomic E-state index is -0.931. The second kappa shape index (κ2) is 10.8. The zero-order valence-corrected chi connectivity index (χ0v) is 18.9. The lowest BCUT2D eigenvalue weighted by Gasteiger charge is -2.33. The van der Waals surface area contributed by atoms with Gasteiger partial charge in [0.1, 0.15) is 11.6 Å². The molecular formula is C23H38N2O6. The summed E-state index contributed by atoms with van der Waals surface area (Å²) in [6.45, 7) is 5.31. The number of hydrogen-bond donors (Lipinski definition) is 2.